The van der Waals surface area contributed by atoms with Crippen LogP contribution in [-0.4, -0.2) is 31.2 Å². The number of carboxylic acids is 1. The van der Waals surface area contributed by atoms with E-state index >= 15 is 0 Å². The van der Waals surface area contributed by atoms with Crippen molar-refractivity contribution in [3.05, 3.63) is 62.5 Å². The Morgan fingerprint density at radius 1 is 1.38 bits per heavy atom. The summed E-state index contributed by atoms with van der Waals surface area (Å²) < 4.78 is 5.74. The van der Waals surface area contributed by atoms with Crippen LogP contribution in [0.4, 0.5) is 5.69 Å². The lowest BCUT2D eigenvalue weighted by Crippen LogP contribution is -1.97. The molecule has 2 heterocycles. The van der Waals surface area contributed by atoms with Gasteiger partial charge in [0.2, 0.25) is 5.16 Å². The van der Waals surface area contributed by atoms with E-state index in [0.29, 0.717) is 33.6 Å². The standard InChI is InChI=1S/C19H18N4O5S/c1-3-4-17-20-19(22-21-17)29-16(18(24)25)10-13-6-8-15(28-13)14-7-5-12(23(26)27)9-11(14)2/h5-10H,3-4H2,1-2H3,(H,24,25)(H,20,21,22)/b16-10+. The zero-order valence-corrected chi connectivity index (χ0v) is 16.5. The van der Waals surface area contributed by atoms with E-state index < -0.39 is 10.9 Å². The smallest absolute Gasteiger partial charge is 0.342 e. The van der Waals surface area contributed by atoms with Crippen LogP contribution in [-0.2, 0) is 11.2 Å². The van der Waals surface area contributed by atoms with Gasteiger partial charge in [0.05, 0.1) is 4.92 Å². The lowest BCUT2D eigenvalue weighted by atomic mass is 10.1. The molecule has 3 aromatic rings. The minimum absolute atomic E-state index is 0.00330. The molecule has 0 radical (unpaired) electrons. The number of rotatable bonds is 8. The van der Waals surface area contributed by atoms with Crippen molar-refractivity contribution in [2.75, 3.05) is 0 Å². The van der Waals surface area contributed by atoms with Crippen LogP contribution in [0.1, 0.15) is 30.5 Å². The predicted molar refractivity (Wildman–Crippen MR) is 107 cm³/mol. The molecule has 1 aromatic carbocycles. The Balaban J connectivity index is 1.84. The lowest BCUT2D eigenvalue weighted by molar-refractivity contribution is -0.384. The summed E-state index contributed by atoms with van der Waals surface area (Å²) in [5.41, 5.74) is 1.37. The van der Waals surface area contributed by atoms with E-state index in [4.69, 9.17) is 4.42 Å². The highest BCUT2D eigenvalue weighted by Crippen LogP contribution is 2.31. The molecule has 0 spiro atoms. The molecular weight excluding hydrogens is 396 g/mol. The van der Waals surface area contributed by atoms with Crippen molar-refractivity contribution in [2.45, 2.75) is 31.8 Å². The minimum atomic E-state index is -1.12. The number of furan rings is 1. The summed E-state index contributed by atoms with van der Waals surface area (Å²) in [5.74, 6) is 0.406. The minimum Gasteiger partial charge on any atom is -0.477 e. The SMILES string of the molecule is CCCc1nc(S/C(=C/c2ccc(-c3ccc([N+](=O)[O-])cc3C)o2)C(=O)O)n[nH]1. The molecular formula is C19H18N4O5S. The molecule has 2 aromatic heterocycles. The van der Waals surface area contributed by atoms with Crippen LogP contribution < -0.4 is 0 Å². The van der Waals surface area contributed by atoms with Crippen LogP contribution in [0.15, 0.2) is 44.8 Å². The summed E-state index contributed by atoms with van der Waals surface area (Å²) in [7, 11) is 0. The molecule has 2 N–H and O–H groups in total. The maximum Gasteiger partial charge on any atom is 0.342 e. The highest BCUT2D eigenvalue weighted by Gasteiger charge is 2.16. The monoisotopic (exact) mass is 414 g/mol. The third kappa shape index (κ3) is 4.91. The van der Waals surface area contributed by atoms with E-state index in [1.807, 2.05) is 6.92 Å². The molecule has 9 nitrogen and oxygen atoms in total. The van der Waals surface area contributed by atoms with Gasteiger partial charge in [-0.25, -0.2) is 9.78 Å². The van der Waals surface area contributed by atoms with Gasteiger partial charge in [0.1, 0.15) is 22.3 Å². The molecule has 0 aliphatic rings. The molecule has 3 rings (SSSR count). The number of benzene rings is 1. The number of thioether (sulfide) groups is 1. The first kappa shape index (κ1) is 20.3. The molecule has 0 fully saturated rings. The second kappa shape index (κ2) is 8.74. The molecule has 0 bridgehead atoms. The van der Waals surface area contributed by atoms with Crippen LogP contribution in [0, 0.1) is 17.0 Å². The number of aliphatic carboxylic acids is 1. The number of aryl methyl sites for hydroxylation is 2. The number of hydrogen-bond donors (Lipinski definition) is 2. The number of aromatic nitrogens is 3. The average Bonchev–Trinajstić information content (AvgIpc) is 3.31. The third-order valence-corrected chi connectivity index (χ3v) is 4.87. The van der Waals surface area contributed by atoms with Gasteiger partial charge in [-0.2, -0.15) is 0 Å². The van der Waals surface area contributed by atoms with Crippen molar-refractivity contribution in [3.63, 3.8) is 0 Å². The normalized spacial score (nSPS) is 11.6. The van der Waals surface area contributed by atoms with Gasteiger partial charge >= 0.3 is 5.97 Å². The Bertz CT molecular complexity index is 1090. The Kier molecular flexibility index (Phi) is 6.13. The third-order valence-electron chi connectivity index (χ3n) is 4.00. The lowest BCUT2D eigenvalue weighted by Gasteiger charge is -2.02. The molecule has 0 aliphatic heterocycles. The Hall–Kier alpha value is -3.40. The van der Waals surface area contributed by atoms with Gasteiger partial charge < -0.3 is 9.52 Å². The van der Waals surface area contributed by atoms with E-state index in [0.717, 1.165) is 24.6 Å². The number of nitro groups is 1. The number of nitrogens with one attached hydrogen (secondary N) is 1. The molecule has 0 aliphatic carbocycles. The largest absolute Gasteiger partial charge is 0.477 e. The number of nitro benzene ring substituents is 1. The summed E-state index contributed by atoms with van der Waals surface area (Å²) in [6.07, 6.45) is 3.03. The Morgan fingerprint density at radius 2 is 2.17 bits per heavy atom. The average molecular weight is 414 g/mol. The second-order valence-corrected chi connectivity index (χ2v) is 7.20. The van der Waals surface area contributed by atoms with Crippen molar-refractivity contribution < 1.29 is 19.2 Å². The topological polar surface area (TPSA) is 135 Å². The number of non-ortho nitro benzene ring substituents is 1. The van der Waals surface area contributed by atoms with Crippen molar-refractivity contribution in [2.24, 2.45) is 0 Å². The molecule has 29 heavy (non-hydrogen) atoms. The van der Waals surface area contributed by atoms with E-state index in [-0.39, 0.29) is 10.6 Å². The molecule has 0 saturated heterocycles. The van der Waals surface area contributed by atoms with Gasteiger partial charge in [-0.3, -0.25) is 15.2 Å². The van der Waals surface area contributed by atoms with Crippen LogP contribution in [0.25, 0.3) is 17.4 Å². The second-order valence-electron chi connectivity index (χ2n) is 6.19. The van der Waals surface area contributed by atoms with Gasteiger partial charge in [0, 0.05) is 30.2 Å². The fourth-order valence-corrected chi connectivity index (χ4v) is 3.35. The molecule has 10 heteroatoms. The van der Waals surface area contributed by atoms with E-state index in [9.17, 15) is 20.0 Å². The fraction of sp³-hybridized carbons (Fsp3) is 0.211. The van der Waals surface area contributed by atoms with Gasteiger partial charge in [-0.05, 0) is 48.9 Å². The number of hydrogen-bond acceptors (Lipinski definition) is 7. The van der Waals surface area contributed by atoms with Gasteiger partial charge in [0.15, 0.2) is 0 Å². The van der Waals surface area contributed by atoms with Gasteiger partial charge in [0.25, 0.3) is 5.69 Å². The van der Waals surface area contributed by atoms with Crippen LogP contribution >= 0.6 is 11.8 Å². The van der Waals surface area contributed by atoms with Crippen molar-refractivity contribution in [1.29, 1.82) is 0 Å². The van der Waals surface area contributed by atoms with Gasteiger partial charge in [-0.1, -0.05) is 6.92 Å². The van der Waals surface area contributed by atoms with E-state index in [1.54, 1.807) is 25.1 Å². The summed E-state index contributed by atoms with van der Waals surface area (Å²) in [6.45, 7) is 3.76. The van der Waals surface area contributed by atoms with Gasteiger partial charge in [-0.15, -0.1) is 5.10 Å². The van der Waals surface area contributed by atoms with E-state index in [2.05, 4.69) is 15.2 Å². The Labute approximate surface area is 170 Å². The highest BCUT2D eigenvalue weighted by molar-refractivity contribution is 8.04. The van der Waals surface area contributed by atoms with Crippen LogP contribution in [0.3, 0.4) is 0 Å². The maximum absolute atomic E-state index is 11.6. The summed E-state index contributed by atoms with van der Waals surface area (Å²) in [4.78, 5) is 26.3. The van der Waals surface area contributed by atoms with Crippen molar-refractivity contribution in [3.8, 4) is 11.3 Å². The van der Waals surface area contributed by atoms with E-state index in [1.165, 1.54) is 18.2 Å². The van der Waals surface area contributed by atoms with Crippen LogP contribution in [0.5, 0.6) is 0 Å². The van der Waals surface area contributed by atoms with Crippen molar-refractivity contribution >= 4 is 29.5 Å². The predicted octanol–water partition coefficient (Wildman–Crippen LogP) is 4.45. The Morgan fingerprint density at radius 3 is 2.83 bits per heavy atom. The molecule has 150 valence electrons. The number of H-pyrrole nitrogens is 1. The quantitative estimate of drug-likeness (QED) is 0.239. The first-order valence-electron chi connectivity index (χ1n) is 8.76. The molecule has 0 amide bonds. The molecule has 0 unspecified atom stereocenters. The fourth-order valence-electron chi connectivity index (χ4n) is 2.65. The zero-order valence-electron chi connectivity index (χ0n) is 15.7. The number of carboxylic acid groups (broad SMARTS) is 1. The van der Waals surface area contributed by atoms with Crippen molar-refractivity contribution in [1.82, 2.24) is 15.2 Å². The molecule has 0 saturated carbocycles. The highest BCUT2D eigenvalue weighted by atomic mass is 32.2. The summed E-state index contributed by atoms with van der Waals surface area (Å²) in [5, 5.41) is 27.5. The first-order chi connectivity index (χ1) is 13.9. The first-order valence-corrected chi connectivity index (χ1v) is 9.58. The summed E-state index contributed by atoms with van der Waals surface area (Å²) in [6, 6.07) is 7.80. The summed E-state index contributed by atoms with van der Waals surface area (Å²) >= 11 is 0.925. The zero-order chi connectivity index (χ0) is 21.0. The number of carbonyl (C=O) groups is 1. The number of aromatic amines is 1. The molecule has 0 atom stereocenters. The maximum atomic E-state index is 11.6. The number of nitrogens with zero attached hydrogens (tertiary/aromatic N) is 3. The van der Waals surface area contributed by atoms with Crippen LogP contribution in [0.2, 0.25) is 0 Å².